The van der Waals surface area contributed by atoms with Gasteiger partial charge in [-0.25, -0.2) is 4.39 Å². The van der Waals surface area contributed by atoms with Crippen LogP contribution in [-0.2, 0) is 6.54 Å². The summed E-state index contributed by atoms with van der Waals surface area (Å²) in [6.07, 6.45) is 0. The van der Waals surface area contributed by atoms with E-state index in [4.69, 9.17) is 4.74 Å². The third-order valence-electron chi connectivity index (χ3n) is 1.66. The molecule has 0 fully saturated rings. The van der Waals surface area contributed by atoms with Gasteiger partial charge in [0, 0.05) is 12.4 Å². The average Bonchev–Trinajstić information content (AvgIpc) is 2.15. The van der Waals surface area contributed by atoms with Crippen molar-refractivity contribution in [3.05, 3.63) is 29.6 Å². The molecular weight excluding hydrogens is 189 g/mol. The molecule has 0 heterocycles. The maximum atomic E-state index is 13.1. The molecule has 0 saturated heterocycles. The van der Waals surface area contributed by atoms with Gasteiger partial charge >= 0.3 is 0 Å². The van der Waals surface area contributed by atoms with Crippen LogP contribution in [0.2, 0.25) is 0 Å². The maximum absolute atomic E-state index is 13.1. The van der Waals surface area contributed by atoms with Crippen molar-refractivity contribution >= 4 is 12.6 Å². The molecule has 0 bridgehead atoms. The highest BCUT2D eigenvalue weighted by molar-refractivity contribution is 7.80. The molecule has 0 amide bonds. The number of methoxy groups -OCH3 is 1. The predicted octanol–water partition coefficient (Wildman–Crippen LogP) is 1.81. The first-order valence-corrected chi connectivity index (χ1v) is 4.55. The van der Waals surface area contributed by atoms with E-state index in [-0.39, 0.29) is 11.6 Å². The van der Waals surface area contributed by atoms with Crippen molar-refractivity contribution in [3.8, 4) is 5.75 Å². The Labute approximate surface area is 82.5 Å². The van der Waals surface area contributed by atoms with Crippen LogP contribution in [0.3, 0.4) is 0 Å². The Morgan fingerprint density at radius 2 is 2.31 bits per heavy atom. The molecule has 13 heavy (non-hydrogen) atoms. The summed E-state index contributed by atoms with van der Waals surface area (Å²) in [7, 11) is 1.45. The Morgan fingerprint density at radius 3 is 2.85 bits per heavy atom. The fourth-order valence-corrected chi connectivity index (χ4v) is 1.13. The van der Waals surface area contributed by atoms with Gasteiger partial charge in [0.05, 0.1) is 7.11 Å². The monoisotopic (exact) mass is 201 g/mol. The van der Waals surface area contributed by atoms with Crippen molar-refractivity contribution < 1.29 is 9.13 Å². The van der Waals surface area contributed by atoms with Gasteiger partial charge in [-0.2, -0.15) is 12.6 Å². The first-order valence-electron chi connectivity index (χ1n) is 3.92. The summed E-state index contributed by atoms with van der Waals surface area (Å²) in [5.41, 5.74) is 0.882. The standard InChI is InChI=1S/C9H12FNOS/c1-12-9-3-2-7(4-8(9)10)5-11-6-13/h2-4,11,13H,5-6H2,1H3. The lowest BCUT2D eigenvalue weighted by Gasteiger charge is -2.04. The Bertz CT molecular complexity index is 280. The molecule has 1 rings (SSSR count). The smallest absolute Gasteiger partial charge is 0.165 e. The summed E-state index contributed by atoms with van der Waals surface area (Å²) in [5.74, 6) is 0.517. The lowest BCUT2D eigenvalue weighted by atomic mass is 10.2. The van der Waals surface area contributed by atoms with E-state index in [1.807, 2.05) is 6.07 Å². The summed E-state index contributed by atoms with van der Waals surface area (Å²) in [6.45, 7) is 0.615. The number of benzene rings is 1. The number of thiol groups is 1. The van der Waals surface area contributed by atoms with Gasteiger partial charge in [-0.15, -0.1) is 0 Å². The van der Waals surface area contributed by atoms with E-state index in [1.165, 1.54) is 13.2 Å². The lowest BCUT2D eigenvalue weighted by molar-refractivity contribution is 0.386. The minimum atomic E-state index is -0.332. The largest absolute Gasteiger partial charge is 0.494 e. The van der Waals surface area contributed by atoms with Crippen LogP contribution >= 0.6 is 12.6 Å². The fraction of sp³-hybridized carbons (Fsp3) is 0.333. The second-order valence-corrected chi connectivity index (χ2v) is 2.87. The summed E-state index contributed by atoms with van der Waals surface area (Å²) < 4.78 is 17.9. The molecule has 0 spiro atoms. The second-order valence-electron chi connectivity index (χ2n) is 2.55. The quantitative estimate of drug-likeness (QED) is 0.572. The van der Waals surface area contributed by atoms with Gasteiger partial charge in [-0.3, -0.25) is 0 Å². The number of halogens is 1. The first-order chi connectivity index (χ1) is 6.27. The van der Waals surface area contributed by atoms with Crippen molar-refractivity contribution in [2.45, 2.75) is 6.54 Å². The third kappa shape index (κ3) is 2.90. The molecule has 0 aromatic heterocycles. The molecule has 2 nitrogen and oxygen atoms in total. The van der Waals surface area contributed by atoms with Crippen LogP contribution in [0.25, 0.3) is 0 Å². The van der Waals surface area contributed by atoms with Crippen LogP contribution in [0.4, 0.5) is 4.39 Å². The fourth-order valence-electron chi connectivity index (χ4n) is 1.02. The minimum absolute atomic E-state index is 0.273. The van der Waals surface area contributed by atoms with Crippen molar-refractivity contribution in [2.24, 2.45) is 0 Å². The molecule has 1 N–H and O–H groups in total. The van der Waals surface area contributed by atoms with E-state index in [0.717, 1.165) is 5.56 Å². The Morgan fingerprint density at radius 1 is 1.54 bits per heavy atom. The summed E-state index contributed by atoms with van der Waals surface area (Å²) >= 11 is 3.99. The molecule has 4 heteroatoms. The zero-order valence-electron chi connectivity index (χ0n) is 7.38. The summed E-state index contributed by atoms with van der Waals surface area (Å²) in [6, 6.07) is 4.89. The highest BCUT2D eigenvalue weighted by atomic mass is 32.1. The molecule has 0 aliphatic heterocycles. The van der Waals surface area contributed by atoms with Gasteiger partial charge in [-0.1, -0.05) is 6.07 Å². The van der Waals surface area contributed by atoms with Gasteiger partial charge in [0.2, 0.25) is 0 Å². The molecule has 0 aliphatic carbocycles. The van der Waals surface area contributed by atoms with Crippen molar-refractivity contribution in [2.75, 3.05) is 13.0 Å². The Hall–Kier alpha value is -0.740. The van der Waals surface area contributed by atoms with E-state index in [0.29, 0.717) is 12.4 Å². The van der Waals surface area contributed by atoms with Crippen molar-refractivity contribution in [1.29, 1.82) is 0 Å². The van der Waals surface area contributed by atoms with E-state index in [1.54, 1.807) is 6.07 Å². The Balaban J connectivity index is 2.71. The molecule has 72 valence electrons. The van der Waals surface area contributed by atoms with E-state index < -0.39 is 0 Å². The number of ether oxygens (including phenoxy) is 1. The molecule has 0 atom stereocenters. The van der Waals surface area contributed by atoms with Gasteiger partial charge in [-0.05, 0) is 17.7 Å². The number of rotatable bonds is 4. The molecule has 0 aliphatic rings. The first kappa shape index (κ1) is 10.3. The van der Waals surface area contributed by atoms with Gasteiger partial charge in [0.15, 0.2) is 11.6 Å². The zero-order valence-corrected chi connectivity index (χ0v) is 8.27. The van der Waals surface area contributed by atoms with Crippen LogP contribution < -0.4 is 10.1 Å². The maximum Gasteiger partial charge on any atom is 0.165 e. The molecule has 0 radical (unpaired) electrons. The van der Waals surface area contributed by atoms with E-state index in [9.17, 15) is 4.39 Å². The van der Waals surface area contributed by atoms with Crippen LogP contribution in [0.5, 0.6) is 5.75 Å². The van der Waals surface area contributed by atoms with E-state index >= 15 is 0 Å². The normalized spacial score (nSPS) is 10.1. The molecular formula is C9H12FNOS. The highest BCUT2D eigenvalue weighted by Crippen LogP contribution is 2.17. The highest BCUT2D eigenvalue weighted by Gasteiger charge is 2.02. The van der Waals surface area contributed by atoms with Gasteiger partial charge in [0.1, 0.15) is 0 Å². The van der Waals surface area contributed by atoms with Crippen LogP contribution in [0, 0.1) is 5.82 Å². The van der Waals surface area contributed by atoms with Crippen molar-refractivity contribution in [1.82, 2.24) is 5.32 Å². The average molecular weight is 201 g/mol. The second kappa shape index (κ2) is 5.09. The van der Waals surface area contributed by atoms with Crippen molar-refractivity contribution in [3.63, 3.8) is 0 Å². The van der Waals surface area contributed by atoms with Crippen LogP contribution in [0.15, 0.2) is 18.2 Å². The zero-order chi connectivity index (χ0) is 9.68. The van der Waals surface area contributed by atoms with Gasteiger partial charge in [0.25, 0.3) is 0 Å². The number of nitrogens with one attached hydrogen (secondary N) is 1. The number of hydrogen-bond acceptors (Lipinski definition) is 3. The number of hydrogen-bond donors (Lipinski definition) is 2. The topological polar surface area (TPSA) is 21.3 Å². The lowest BCUT2D eigenvalue weighted by Crippen LogP contribution is -2.10. The van der Waals surface area contributed by atoms with Crippen LogP contribution in [0.1, 0.15) is 5.56 Å². The third-order valence-corrected chi connectivity index (χ3v) is 1.88. The molecule has 0 unspecified atom stereocenters. The molecule has 0 saturated carbocycles. The summed E-state index contributed by atoms with van der Waals surface area (Å²) in [4.78, 5) is 0. The Kier molecular flexibility index (Phi) is 4.05. The molecule has 1 aromatic rings. The molecule has 1 aromatic carbocycles. The predicted molar refractivity (Wildman–Crippen MR) is 53.6 cm³/mol. The van der Waals surface area contributed by atoms with Crippen LogP contribution in [-0.4, -0.2) is 13.0 Å². The minimum Gasteiger partial charge on any atom is -0.494 e. The van der Waals surface area contributed by atoms with Gasteiger partial charge < -0.3 is 10.1 Å². The SMILES string of the molecule is COc1ccc(CNCS)cc1F. The van der Waals surface area contributed by atoms with E-state index in [2.05, 4.69) is 17.9 Å². The summed E-state index contributed by atoms with van der Waals surface area (Å²) in [5, 5.41) is 2.99.